The number of benzene rings is 2. The minimum atomic E-state index is 0. The summed E-state index contributed by atoms with van der Waals surface area (Å²) >= 11 is 0. The summed E-state index contributed by atoms with van der Waals surface area (Å²) in [6.07, 6.45) is 1.10. The lowest BCUT2D eigenvalue weighted by Crippen LogP contribution is -2.26. The van der Waals surface area contributed by atoms with Gasteiger partial charge in [0.15, 0.2) is 0 Å². The van der Waals surface area contributed by atoms with Crippen LogP contribution in [0.4, 0.5) is 5.69 Å². The van der Waals surface area contributed by atoms with Crippen molar-refractivity contribution in [2.24, 2.45) is 0 Å². The first-order chi connectivity index (χ1) is 11.3. The minimum Gasteiger partial charge on any atom is -0.384 e. The molecule has 2 aliphatic heterocycles. The molecule has 0 unspecified atom stereocenters. The summed E-state index contributed by atoms with van der Waals surface area (Å²) in [6.45, 7) is 3.76. The zero-order valence-corrected chi connectivity index (χ0v) is 14.4. The highest BCUT2D eigenvalue weighted by Gasteiger charge is 2.28. The molecular formula is C19H22ClN3O. The molecule has 1 N–H and O–H groups in total. The molecule has 2 aliphatic rings. The summed E-state index contributed by atoms with van der Waals surface area (Å²) in [5, 5.41) is 3.48. The van der Waals surface area contributed by atoms with E-state index in [0.29, 0.717) is 19.8 Å². The Balaban J connectivity index is 0.00000169. The third-order valence-corrected chi connectivity index (χ3v) is 4.63. The van der Waals surface area contributed by atoms with E-state index in [0.717, 1.165) is 19.5 Å². The van der Waals surface area contributed by atoms with Gasteiger partial charge in [-0.15, -0.1) is 12.4 Å². The number of carbonyl (C=O) groups is 1. The van der Waals surface area contributed by atoms with Crippen LogP contribution in [0.15, 0.2) is 48.5 Å². The van der Waals surface area contributed by atoms with Gasteiger partial charge in [-0.2, -0.15) is 0 Å². The molecule has 0 saturated carbocycles. The van der Waals surface area contributed by atoms with E-state index in [-0.39, 0.29) is 18.3 Å². The van der Waals surface area contributed by atoms with Crippen LogP contribution in [-0.2, 0) is 24.3 Å². The quantitative estimate of drug-likeness (QED) is 0.927. The number of para-hydroxylation sites is 1. The van der Waals surface area contributed by atoms with Crippen LogP contribution in [0.3, 0.4) is 0 Å². The van der Waals surface area contributed by atoms with E-state index in [2.05, 4.69) is 40.5 Å². The standard InChI is InChI=1S/C19H21N3O.ClH/c23-18-13-21(14-22(18)11-15-5-2-1-3-6-15)12-17-8-4-7-16-9-10-20-19(16)17;/h1-8,20H,9-14H2;1H. The number of carbonyl (C=O) groups excluding carboxylic acids is 1. The molecule has 0 aromatic heterocycles. The third-order valence-electron chi connectivity index (χ3n) is 4.63. The van der Waals surface area contributed by atoms with E-state index < -0.39 is 0 Å². The Bertz CT molecular complexity index is 720. The number of hydrogen-bond acceptors (Lipinski definition) is 3. The first-order valence-corrected chi connectivity index (χ1v) is 8.18. The Morgan fingerprint density at radius 1 is 1.00 bits per heavy atom. The number of hydrogen-bond donors (Lipinski definition) is 1. The van der Waals surface area contributed by atoms with Crippen molar-refractivity contribution in [3.05, 3.63) is 65.2 Å². The van der Waals surface area contributed by atoms with Gasteiger partial charge in [0.2, 0.25) is 5.91 Å². The van der Waals surface area contributed by atoms with Crippen LogP contribution >= 0.6 is 12.4 Å². The second kappa shape index (κ2) is 7.24. The lowest BCUT2D eigenvalue weighted by Gasteiger charge is -2.19. The maximum atomic E-state index is 12.3. The molecule has 0 radical (unpaired) electrons. The summed E-state index contributed by atoms with van der Waals surface area (Å²) < 4.78 is 0. The van der Waals surface area contributed by atoms with Crippen molar-refractivity contribution in [3.63, 3.8) is 0 Å². The van der Waals surface area contributed by atoms with Gasteiger partial charge in [-0.3, -0.25) is 9.69 Å². The molecule has 24 heavy (non-hydrogen) atoms. The molecule has 2 heterocycles. The first kappa shape index (κ1) is 16.8. The van der Waals surface area contributed by atoms with Crippen molar-refractivity contribution in [1.82, 2.24) is 9.80 Å². The molecule has 0 aliphatic carbocycles. The molecule has 4 rings (SSSR count). The van der Waals surface area contributed by atoms with Crippen LogP contribution in [0.25, 0.3) is 0 Å². The zero-order chi connectivity index (χ0) is 15.6. The van der Waals surface area contributed by atoms with E-state index >= 15 is 0 Å². The first-order valence-electron chi connectivity index (χ1n) is 8.18. The normalized spacial score (nSPS) is 16.7. The molecule has 2 aromatic rings. The van der Waals surface area contributed by atoms with E-state index in [4.69, 9.17) is 0 Å². The van der Waals surface area contributed by atoms with Gasteiger partial charge in [0.05, 0.1) is 13.2 Å². The summed E-state index contributed by atoms with van der Waals surface area (Å²) in [4.78, 5) is 16.4. The van der Waals surface area contributed by atoms with Crippen LogP contribution < -0.4 is 5.32 Å². The molecule has 1 fully saturated rings. The van der Waals surface area contributed by atoms with E-state index in [9.17, 15) is 4.79 Å². The van der Waals surface area contributed by atoms with Gasteiger partial charge in [0, 0.05) is 25.3 Å². The molecule has 0 atom stereocenters. The second-order valence-corrected chi connectivity index (χ2v) is 6.33. The zero-order valence-electron chi connectivity index (χ0n) is 13.6. The molecule has 1 amide bonds. The maximum absolute atomic E-state index is 12.3. The summed E-state index contributed by atoms with van der Waals surface area (Å²) in [6, 6.07) is 16.7. The van der Waals surface area contributed by atoms with Crippen molar-refractivity contribution in [2.75, 3.05) is 25.1 Å². The van der Waals surface area contributed by atoms with Crippen LogP contribution in [0, 0.1) is 0 Å². The highest BCUT2D eigenvalue weighted by Crippen LogP contribution is 2.28. The number of fused-ring (bicyclic) bond motifs is 1. The van der Waals surface area contributed by atoms with Crippen molar-refractivity contribution < 1.29 is 4.79 Å². The Labute approximate surface area is 148 Å². The van der Waals surface area contributed by atoms with E-state index in [1.165, 1.54) is 22.4 Å². The number of rotatable bonds is 4. The van der Waals surface area contributed by atoms with Crippen LogP contribution in [0.2, 0.25) is 0 Å². The fraction of sp³-hybridized carbons (Fsp3) is 0.316. The number of nitrogens with zero attached hydrogens (tertiary/aromatic N) is 2. The SMILES string of the molecule is Cl.O=C1CN(Cc2cccc3c2NCC3)CN1Cc1ccccc1. The molecule has 5 heteroatoms. The Hall–Kier alpha value is -2.04. The highest BCUT2D eigenvalue weighted by molar-refractivity contribution is 5.85. The van der Waals surface area contributed by atoms with Gasteiger partial charge in [0.25, 0.3) is 0 Å². The van der Waals surface area contributed by atoms with Crippen molar-refractivity contribution in [2.45, 2.75) is 19.5 Å². The van der Waals surface area contributed by atoms with Gasteiger partial charge in [-0.25, -0.2) is 0 Å². The van der Waals surface area contributed by atoms with Crippen molar-refractivity contribution in [3.8, 4) is 0 Å². The summed E-state index contributed by atoms with van der Waals surface area (Å²) in [7, 11) is 0. The molecule has 1 saturated heterocycles. The van der Waals surface area contributed by atoms with E-state index in [1.54, 1.807) is 0 Å². The maximum Gasteiger partial charge on any atom is 0.238 e. The monoisotopic (exact) mass is 343 g/mol. The smallest absolute Gasteiger partial charge is 0.238 e. The van der Waals surface area contributed by atoms with E-state index in [1.807, 2.05) is 23.1 Å². The number of halogens is 1. The molecule has 0 bridgehead atoms. The van der Waals surface area contributed by atoms with Crippen LogP contribution in [0.5, 0.6) is 0 Å². The average Bonchev–Trinajstić information content (AvgIpc) is 3.16. The number of amides is 1. The summed E-state index contributed by atoms with van der Waals surface area (Å²) in [5.41, 5.74) is 5.16. The van der Waals surface area contributed by atoms with Crippen LogP contribution in [-0.4, -0.2) is 35.5 Å². The van der Waals surface area contributed by atoms with Gasteiger partial charge in [-0.1, -0.05) is 48.5 Å². The van der Waals surface area contributed by atoms with Gasteiger partial charge >= 0.3 is 0 Å². The van der Waals surface area contributed by atoms with Crippen molar-refractivity contribution >= 4 is 24.0 Å². The molecule has 4 nitrogen and oxygen atoms in total. The highest BCUT2D eigenvalue weighted by atomic mass is 35.5. The predicted octanol–water partition coefficient (Wildman–Crippen LogP) is 2.88. The predicted molar refractivity (Wildman–Crippen MR) is 98.2 cm³/mol. The fourth-order valence-corrected chi connectivity index (χ4v) is 3.49. The Morgan fingerprint density at radius 3 is 2.67 bits per heavy atom. The van der Waals surface area contributed by atoms with Crippen molar-refractivity contribution in [1.29, 1.82) is 0 Å². The van der Waals surface area contributed by atoms with Crippen LogP contribution in [0.1, 0.15) is 16.7 Å². The molecule has 0 spiro atoms. The fourth-order valence-electron chi connectivity index (χ4n) is 3.49. The Kier molecular flexibility index (Phi) is 5.07. The lowest BCUT2D eigenvalue weighted by atomic mass is 10.1. The minimum absolute atomic E-state index is 0. The topological polar surface area (TPSA) is 35.6 Å². The third kappa shape index (κ3) is 3.40. The number of anilines is 1. The van der Waals surface area contributed by atoms with Gasteiger partial charge < -0.3 is 10.2 Å². The van der Waals surface area contributed by atoms with Gasteiger partial charge in [-0.05, 0) is 23.1 Å². The van der Waals surface area contributed by atoms with Gasteiger partial charge in [0.1, 0.15) is 0 Å². The Morgan fingerprint density at radius 2 is 1.83 bits per heavy atom. The number of nitrogens with one attached hydrogen (secondary N) is 1. The molecule has 2 aromatic carbocycles. The largest absolute Gasteiger partial charge is 0.384 e. The average molecular weight is 344 g/mol. The molecular weight excluding hydrogens is 322 g/mol. The molecule has 126 valence electrons. The second-order valence-electron chi connectivity index (χ2n) is 6.33. The lowest BCUT2D eigenvalue weighted by molar-refractivity contribution is -0.127. The summed E-state index contributed by atoms with van der Waals surface area (Å²) in [5.74, 6) is 0.217.